The van der Waals surface area contributed by atoms with Gasteiger partial charge in [0.05, 0.1) is 80.7 Å². The molecule has 38 heteroatoms. The summed E-state index contributed by atoms with van der Waals surface area (Å²) in [5.41, 5.74) is 2.60. The van der Waals surface area contributed by atoms with Crippen molar-refractivity contribution in [2.75, 3.05) is 45.6 Å². The number of nitrogens with zero attached hydrogens (tertiary/aromatic N) is 11. The zero-order chi connectivity index (χ0) is 83.1. The van der Waals surface area contributed by atoms with Crippen molar-refractivity contribution in [3.05, 3.63) is 307 Å². The van der Waals surface area contributed by atoms with E-state index in [1.807, 2.05) is 103 Å². The number of nitrogens with two attached hydrogens (primary N) is 1. The molecule has 0 unspecified atom stereocenters. The fourth-order valence-electron chi connectivity index (χ4n) is 10.6. The van der Waals surface area contributed by atoms with Crippen LogP contribution in [0, 0.1) is 0 Å². The average Bonchev–Trinajstić information content (AvgIpc) is 1.28. The molecule has 14 aromatic rings. The van der Waals surface area contributed by atoms with Crippen LogP contribution in [0.25, 0.3) is 44.6 Å². The number of methoxy groups -OCH3 is 2. The van der Waals surface area contributed by atoms with Crippen LogP contribution >= 0.6 is 0 Å². The van der Waals surface area contributed by atoms with Gasteiger partial charge in [-0.25, -0.2) is 43.1 Å². The van der Waals surface area contributed by atoms with Crippen LogP contribution in [0.15, 0.2) is 263 Å². The SMILES string of the molecule is CCOC(=O)c1c[nH]n(-c2ccccc2)c1=O.CCOC(=O)c1cn(C)n(-c2ccccc2)c1=O.COS(=O)(=O)C(F)(F)F.COc1ccc2c(Oc3ccc(N)nc3)ccnc2c1.COc1ccc2c(Oc3ccc(NC(=O)c4cn(C)n(-c5ccccc5)c4=O)nc3)ccnc2c1.Cn1cc(C(=O)O)c(=O)n1-c1ccccc1.[Na+].[OH-]. The Morgan fingerprint density at radius 2 is 0.897 bits per heavy atom. The van der Waals surface area contributed by atoms with Crippen molar-refractivity contribution in [2.45, 2.75) is 19.4 Å². The minimum atomic E-state index is -5.34. The molecular formula is C79H74F3N14NaO19S. The molecule has 6 N–H and O–H groups in total. The van der Waals surface area contributed by atoms with Gasteiger partial charge in [0, 0.05) is 81.2 Å². The number of para-hydroxylation sites is 4. The minimum absolute atomic E-state index is 0. The molecule has 0 saturated carbocycles. The van der Waals surface area contributed by atoms with Gasteiger partial charge in [0.15, 0.2) is 0 Å². The van der Waals surface area contributed by atoms with Crippen LogP contribution in [0.4, 0.5) is 24.8 Å². The van der Waals surface area contributed by atoms with Crippen LogP contribution in [-0.4, -0.2) is 141 Å². The van der Waals surface area contributed by atoms with Crippen molar-refractivity contribution in [2.24, 2.45) is 21.1 Å². The largest absolute Gasteiger partial charge is 1.00 e. The molecule has 602 valence electrons. The Morgan fingerprint density at radius 1 is 0.504 bits per heavy atom. The molecule has 0 atom stereocenters. The monoisotopic (exact) mass is 1630 g/mol. The predicted molar refractivity (Wildman–Crippen MR) is 420 cm³/mol. The number of carbonyl (C=O) groups excluding carboxylic acids is 3. The molecule has 1 amide bonds. The fourth-order valence-corrected chi connectivity index (χ4v) is 10.7. The Bertz CT molecular complexity index is 6080. The number of carboxylic acid groups (broad SMARTS) is 1. The van der Waals surface area contributed by atoms with E-state index in [1.165, 1.54) is 54.4 Å². The van der Waals surface area contributed by atoms with Gasteiger partial charge in [-0.1, -0.05) is 72.8 Å². The van der Waals surface area contributed by atoms with E-state index < -0.39 is 56.1 Å². The quantitative estimate of drug-likeness (QED) is 0.0273. The van der Waals surface area contributed by atoms with Crippen LogP contribution in [-0.2, 0) is 44.9 Å². The molecule has 0 bridgehead atoms. The van der Waals surface area contributed by atoms with Gasteiger partial charge in [-0.15, -0.1) is 0 Å². The van der Waals surface area contributed by atoms with Crippen molar-refractivity contribution in [1.82, 2.24) is 57.8 Å². The normalized spacial score (nSPS) is 10.6. The number of carboxylic acids is 1. The topological polar surface area (TPSA) is 425 Å². The van der Waals surface area contributed by atoms with Crippen LogP contribution in [0.2, 0.25) is 0 Å². The molecule has 0 spiro atoms. The summed E-state index contributed by atoms with van der Waals surface area (Å²) in [6.07, 6.45) is 12.1. The number of aryl methyl sites for hydroxylation is 3. The van der Waals surface area contributed by atoms with E-state index in [2.05, 4.69) is 34.5 Å². The Labute approximate surface area is 685 Å². The molecule has 0 radical (unpaired) electrons. The smallest absolute Gasteiger partial charge is 0.870 e. The second-order valence-electron chi connectivity index (χ2n) is 23.5. The number of rotatable bonds is 18. The number of hydrogen-bond acceptors (Lipinski definition) is 23. The number of H-pyrrole nitrogens is 1. The fraction of sp³-hybridized carbons (Fsp3) is 0.139. The molecule has 6 aromatic carbocycles. The van der Waals surface area contributed by atoms with E-state index in [1.54, 1.807) is 168 Å². The van der Waals surface area contributed by atoms with E-state index in [-0.39, 0.29) is 76.1 Å². The molecule has 33 nitrogen and oxygen atoms in total. The van der Waals surface area contributed by atoms with Gasteiger partial charge in [-0.05, 0) is 123 Å². The Morgan fingerprint density at radius 3 is 1.27 bits per heavy atom. The molecule has 0 aliphatic heterocycles. The maximum Gasteiger partial charge on any atom is 1.00 e. The average molecular weight is 1640 g/mol. The van der Waals surface area contributed by atoms with E-state index >= 15 is 0 Å². The second kappa shape index (κ2) is 41.7. The second-order valence-corrected chi connectivity index (χ2v) is 25.2. The number of fused-ring (bicyclic) bond motifs is 2. The number of hydrogen-bond donors (Lipinski definition) is 4. The number of anilines is 2. The number of ether oxygens (including phenoxy) is 6. The zero-order valence-electron chi connectivity index (χ0n) is 63.9. The maximum atomic E-state index is 12.9. The Hall–Kier alpha value is -14.0. The van der Waals surface area contributed by atoms with E-state index in [9.17, 15) is 59.9 Å². The number of halogens is 3. The first-order valence-corrected chi connectivity index (χ1v) is 35.5. The van der Waals surface area contributed by atoms with Gasteiger partial charge in [-0.3, -0.25) is 57.3 Å². The number of aromatic amines is 1. The van der Waals surface area contributed by atoms with Gasteiger partial charge < -0.3 is 50.1 Å². The number of alkyl halides is 3. The van der Waals surface area contributed by atoms with E-state index in [0.29, 0.717) is 70.2 Å². The van der Waals surface area contributed by atoms with Crippen molar-refractivity contribution >= 4 is 67.4 Å². The number of carbonyl (C=O) groups is 4. The Balaban J connectivity index is 0.000000202. The first-order valence-electron chi connectivity index (χ1n) is 34.1. The number of aromatic carboxylic acids is 1. The van der Waals surface area contributed by atoms with Crippen molar-refractivity contribution in [3.8, 4) is 57.2 Å². The van der Waals surface area contributed by atoms with Crippen molar-refractivity contribution in [3.63, 3.8) is 0 Å². The summed E-state index contributed by atoms with van der Waals surface area (Å²) >= 11 is 0. The number of amides is 1. The molecule has 14 rings (SSSR count). The van der Waals surface area contributed by atoms with Crippen molar-refractivity contribution < 1.29 is 114 Å². The third-order valence-corrected chi connectivity index (χ3v) is 16.9. The summed E-state index contributed by atoms with van der Waals surface area (Å²) in [5, 5.41) is 16.0. The molecule has 0 saturated heterocycles. The van der Waals surface area contributed by atoms with Gasteiger partial charge >= 0.3 is 63.1 Å². The molecule has 117 heavy (non-hydrogen) atoms. The predicted octanol–water partition coefficient (Wildman–Crippen LogP) is 8.06. The van der Waals surface area contributed by atoms with Gasteiger partial charge in [-0.2, -0.15) is 21.6 Å². The standard InChI is InChI=1S/C26H21N5O4.C15H13N3O2.C13H14N2O3.C12H12N2O3.C11H10N2O3.C2H3F3O3S.Na.H2O/c1-30-16-21(26(33)31(30)17-6-4-3-5-7-17)25(32)29-24-11-9-19(15-28-24)35-23-12-13-27-22-14-18(34-2)8-10-20(22)23;1-19-10-2-4-12-13(8-10)17-7-6-14(12)20-11-3-5-15(16)18-9-11;1-3-18-13(17)11-9-14(2)15(12(11)16)10-7-5-4-6-8-10;1-2-17-12(16)10-8-13-14(11(10)15)9-6-4-3-5-7-9;1-12-7-9(11(15)16)10(14)13(12)8-5-3-2-4-6-8;1-8-9(6,7)2(3,4)5;;/h3-16H,1-2H3,(H,28,29,32);2-9H,1H3,(H2,16,18);4-9H,3H2,1-2H3;3-8,13H,2H2,1H3;2-7H,1H3,(H,15,16);1H3;;1H2/q;;;;;;+1;/p-1. The molecule has 8 heterocycles. The van der Waals surface area contributed by atoms with E-state index in [4.69, 9.17) is 39.3 Å². The van der Waals surface area contributed by atoms with Gasteiger partial charge in [0.1, 0.15) is 68.4 Å². The third kappa shape index (κ3) is 22.9. The van der Waals surface area contributed by atoms with Gasteiger partial charge in [0.25, 0.3) is 28.1 Å². The summed E-state index contributed by atoms with van der Waals surface area (Å²) < 4.78 is 97.8. The first kappa shape index (κ1) is 90.2. The van der Waals surface area contributed by atoms with Crippen LogP contribution < -0.4 is 81.8 Å². The summed E-state index contributed by atoms with van der Waals surface area (Å²) in [6.45, 7) is 3.89. The minimum Gasteiger partial charge on any atom is -0.870 e. The number of nitrogens with one attached hydrogen (secondary N) is 2. The molecule has 0 fully saturated rings. The summed E-state index contributed by atoms with van der Waals surface area (Å²) in [6, 6.07) is 57.7. The maximum absolute atomic E-state index is 12.9. The zero-order valence-corrected chi connectivity index (χ0v) is 66.7. The van der Waals surface area contributed by atoms with Crippen LogP contribution in [0.1, 0.15) is 55.3 Å². The van der Waals surface area contributed by atoms with Crippen LogP contribution in [0.5, 0.6) is 34.5 Å². The summed E-state index contributed by atoms with van der Waals surface area (Å²) in [4.78, 5) is 112. The number of esters is 2. The number of benzene rings is 6. The third-order valence-electron chi connectivity index (χ3n) is 15.9. The Kier molecular flexibility index (Phi) is 32.1. The number of pyridine rings is 4. The summed E-state index contributed by atoms with van der Waals surface area (Å²) in [7, 11) is 3.37. The molecular weight excluding hydrogens is 1560 g/mol. The number of aromatic nitrogens is 12. The molecule has 0 aliphatic rings. The summed E-state index contributed by atoms with van der Waals surface area (Å²) in [5.74, 6) is 1.70. The van der Waals surface area contributed by atoms with Crippen molar-refractivity contribution in [1.29, 1.82) is 0 Å². The first-order chi connectivity index (χ1) is 55.1. The van der Waals surface area contributed by atoms with Crippen LogP contribution in [0.3, 0.4) is 0 Å². The van der Waals surface area contributed by atoms with Gasteiger partial charge in [0.2, 0.25) is 0 Å². The molecule has 0 aliphatic carbocycles. The molecule has 8 aromatic heterocycles. The van der Waals surface area contributed by atoms with E-state index in [0.717, 1.165) is 27.6 Å². The number of nitrogen functional groups attached to an aromatic ring is 1.